The number of amides is 1. The lowest BCUT2D eigenvalue weighted by atomic mass is 9.69. The van der Waals surface area contributed by atoms with Crippen molar-refractivity contribution in [1.29, 1.82) is 0 Å². The minimum atomic E-state index is 0.263. The van der Waals surface area contributed by atoms with Crippen molar-refractivity contribution >= 4 is 17.7 Å². The van der Waals surface area contributed by atoms with Crippen LogP contribution in [0, 0.1) is 16.7 Å². The van der Waals surface area contributed by atoms with E-state index in [2.05, 4.69) is 32.3 Å². The molecule has 0 aromatic heterocycles. The van der Waals surface area contributed by atoms with Crippen molar-refractivity contribution in [2.24, 2.45) is 16.7 Å². The highest BCUT2D eigenvalue weighted by Crippen LogP contribution is 2.65. The molecule has 18 heavy (non-hydrogen) atoms. The first kappa shape index (κ1) is 14.2. The monoisotopic (exact) mass is 269 g/mol. The molecule has 2 nitrogen and oxygen atoms in total. The summed E-state index contributed by atoms with van der Waals surface area (Å²) in [5.74, 6) is 2.15. The first-order valence-corrected chi connectivity index (χ1v) is 8.59. The Bertz CT molecular complexity index is 328. The van der Waals surface area contributed by atoms with Gasteiger partial charge in [-0.25, -0.2) is 0 Å². The van der Waals surface area contributed by atoms with Gasteiger partial charge >= 0.3 is 0 Å². The fourth-order valence-corrected chi connectivity index (χ4v) is 4.50. The van der Waals surface area contributed by atoms with E-state index in [1.54, 1.807) is 0 Å². The van der Waals surface area contributed by atoms with Crippen molar-refractivity contribution < 1.29 is 4.79 Å². The van der Waals surface area contributed by atoms with Crippen LogP contribution in [0.3, 0.4) is 0 Å². The van der Waals surface area contributed by atoms with Gasteiger partial charge in [0.05, 0.1) is 0 Å². The lowest BCUT2D eigenvalue weighted by molar-refractivity contribution is -0.122. The van der Waals surface area contributed by atoms with E-state index < -0.39 is 0 Å². The van der Waals surface area contributed by atoms with E-state index in [1.807, 2.05) is 11.8 Å². The van der Waals surface area contributed by atoms with Crippen LogP contribution >= 0.6 is 11.8 Å². The third-order valence-corrected chi connectivity index (χ3v) is 6.58. The standard InChI is InChI=1S/C15H27NOS/c1-14(2)11-7-8-15(14,3)12(10-11)16-13(17)6-5-9-18-4/h11-12H,5-10H2,1-4H3,(H,16,17)/t11-,12-,15-/m1/s1. The Labute approximate surface area is 116 Å². The Morgan fingerprint density at radius 1 is 1.39 bits per heavy atom. The lowest BCUT2D eigenvalue weighted by Crippen LogP contribution is -2.46. The summed E-state index contributed by atoms with van der Waals surface area (Å²) in [5.41, 5.74) is 0.705. The molecule has 2 aliphatic carbocycles. The summed E-state index contributed by atoms with van der Waals surface area (Å²) >= 11 is 1.82. The average molecular weight is 269 g/mol. The van der Waals surface area contributed by atoms with E-state index in [1.165, 1.54) is 19.3 Å². The largest absolute Gasteiger partial charge is 0.353 e. The molecule has 2 rings (SSSR count). The van der Waals surface area contributed by atoms with Crippen molar-refractivity contribution in [2.75, 3.05) is 12.0 Å². The molecule has 0 aliphatic heterocycles. The molecule has 0 aromatic carbocycles. The number of hydrogen-bond acceptors (Lipinski definition) is 2. The molecule has 0 aromatic rings. The number of rotatable bonds is 5. The highest BCUT2D eigenvalue weighted by Gasteiger charge is 2.61. The number of carbonyl (C=O) groups is 1. The smallest absolute Gasteiger partial charge is 0.220 e. The highest BCUT2D eigenvalue weighted by atomic mass is 32.2. The zero-order chi connectivity index (χ0) is 13.4. The molecule has 2 aliphatic rings. The molecule has 104 valence electrons. The predicted molar refractivity (Wildman–Crippen MR) is 78.8 cm³/mol. The van der Waals surface area contributed by atoms with Crippen LogP contribution in [0.15, 0.2) is 0 Å². The summed E-state index contributed by atoms with van der Waals surface area (Å²) in [6, 6.07) is 0.410. The molecule has 3 atom stereocenters. The molecule has 1 amide bonds. The summed E-state index contributed by atoms with van der Waals surface area (Å²) in [4.78, 5) is 12.0. The van der Waals surface area contributed by atoms with Crippen LogP contribution in [-0.4, -0.2) is 24.0 Å². The van der Waals surface area contributed by atoms with Crippen molar-refractivity contribution in [3.05, 3.63) is 0 Å². The summed E-state index contributed by atoms with van der Waals surface area (Å²) in [5, 5.41) is 3.32. The topological polar surface area (TPSA) is 29.1 Å². The fourth-order valence-electron chi connectivity index (χ4n) is 4.07. The van der Waals surface area contributed by atoms with Gasteiger partial charge in [-0.2, -0.15) is 11.8 Å². The quantitative estimate of drug-likeness (QED) is 0.774. The van der Waals surface area contributed by atoms with Crippen LogP contribution in [0.2, 0.25) is 0 Å². The van der Waals surface area contributed by atoms with Crippen molar-refractivity contribution in [1.82, 2.24) is 5.32 Å². The second-order valence-electron chi connectivity index (χ2n) is 6.83. The molecule has 0 saturated heterocycles. The number of hydrogen-bond donors (Lipinski definition) is 1. The van der Waals surface area contributed by atoms with Crippen LogP contribution in [-0.2, 0) is 4.79 Å². The van der Waals surface area contributed by atoms with Crippen molar-refractivity contribution in [3.8, 4) is 0 Å². The van der Waals surface area contributed by atoms with E-state index in [4.69, 9.17) is 0 Å². The predicted octanol–water partition coefficient (Wildman–Crippen LogP) is 3.46. The average Bonchev–Trinajstić information content (AvgIpc) is 2.62. The van der Waals surface area contributed by atoms with Crippen molar-refractivity contribution in [3.63, 3.8) is 0 Å². The Kier molecular flexibility index (Phi) is 4.01. The molecule has 2 fully saturated rings. The Balaban J connectivity index is 1.90. The molecular weight excluding hydrogens is 242 g/mol. The van der Waals surface area contributed by atoms with Gasteiger partial charge in [0, 0.05) is 12.5 Å². The second kappa shape index (κ2) is 5.07. The molecule has 0 unspecified atom stereocenters. The minimum Gasteiger partial charge on any atom is -0.353 e. The van der Waals surface area contributed by atoms with Crippen LogP contribution < -0.4 is 5.32 Å². The van der Waals surface area contributed by atoms with E-state index >= 15 is 0 Å². The summed E-state index contributed by atoms with van der Waals surface area (Å²) in [6.45, 7) is 7.17. The molecule has 0 heterocycles. The molecule has 0 radical (unpaired) electrons. The fraction of sp³-hybridized carbons (Fsp3) is 0.933. The minimum absolute atomic E-state index is 0.263. The molecular formula is C15H27NOS. The number of fused-ring (bicyclic) bond motifs is 2. The zero-order valence-corrected chi connectivity index (χ0v) is 13.0. The van der Waals surface area contributed by atoms with E-state index in [0.717, 1.165) is 18.1 Å². The van der Waals surface area contributed by atoms with Crippen molar-refractivity contribution in [2.45, 2.75) is 58.9 Å². The Morgan fingerprint density at radius 2 is 2.11 bits per heavy atom. The Hall–Kier alpha value is -0.180. The maximum atomic E-state index is 12.0. The van der Waals surface area contributed by atoms with Gasteiger partial charge in [0.2, 0.25) is 5.91 Å². The van der Waals surface area contributed by atoms with Crippen LogP contribution in [0.5, 0.6) is 0 Å². The van der Waals surface area contributed by atoms with Crippen LogP contribution in [0.1, 0.15) is 52.9 Å². The van der Waals surface area contributed by atoms with Gasteiger partial charge in [-0.15, -0.1) is 0 Å². The molecule has 1 N–H and O–H groups in total. The van der Waals surface area contributed by atoms with E-state index in [0.29, 0.717) is 23.3 Å². The van der Waals surface area contributed by atoms with Crippen LogP contribution in [0.25, 0.3) is 0 Å². The number of carbonyl (C=O) groups excluding carboxylic acids is 1. The molecule has 2 saturated carbocycles. The maximum Gasteiger partial charge on any atom is 0.220 e. The Morgan fingerprint density at radius 3 is 2.61 bits per heavy atom. The lowest BCUT2D eigenvalue weighted by Gasteiger charge is -2.39. The maximum absolute atomic E-state index is 12.0. The first-order chi connectivity index (χ1) is 8.41. The summed E-state index contributed by atoms with van der Waals surface area (Å²) in [6.07, 6.45) is 7.61. The summed E-state index contributed by atoms with van der Waals surface area (Å²) < 4.78 is 0. The third-order valence-electron chi connectivity index (χ3n) is 5.88. The number of thioether (sulfide) groups is 1. The number of nitrogens with one attached hydrogen (secondary N) is 1. The van der Waals surface area contributed by atoms with Gasteiger partial charge in [0.15, 0.2) is 0 Å². The molecule has 3 heteroatoms. The third kappa shape index (κ3) is 2.19. The highest BCUT2D eigenvalue weighted by molar-refractivity contribution is 7.98. The SMILES string of the molecule is CSCCCC(=O)N[C@@H]1C[C@H]2CC[C@@]1(C)C2(C)C. The molecule has 2 bridgehead atoms. The van der Waals surface area contributed by atoms with Gasteiger partial charge in [-0.1, -0.05) is 20.8 Å². The normalized spacial score (nSPS) is 36.9. The first-order valence-electron chi connectivity index (χ1n) is 7.20. The van der Waals surface area contributed by atoms with Gasteiger partial charge in [-0.3, -0.25) is 4.79 Å². The van der Waals surface area contributed by atoms with Crippen LogP contribution in [0.4, 0.5) is 0 Å². The van der Waals surface area contributed by atoms with Gasteiger partial charge in [0.25, 0.3) is 0 Å². The van der Waals surface area contributed by atoms with Gasteiger partial charge < -0.3 is 5.32 Å². The van der Waals surface area contributed by atoms with Gasteiger partial charge in [-0.05, 0) is 54.4 Å². The van der Waals surface area contributed by atoms with E-state index in [-0.39, 0.29) is 5.91 Å². The zero-order valence-electron chi connectivity index (χ0n) is 12.2. The summed E-state index contributed by atoms with van der Waals surface area (Å²) in [7, 11) is 0. The molecule has 0 spiro atoms. The van der Waals surface area contributed by atoms with Gasteiger partial charge in [0.1, 0.15) is 0 Å². The second-order valence-corrected chi connectivity index (χ2v) is 7.81. The van der Waals surface area contributed by atoms with E-state index in [9.17, 15) is 4.79 Å².